The summed E-state index contributed by atoms with van der Waals surface area (Å²) in [6.07, 6.45) is 0. The van der Waals surface area contributed by atoms with Crippen LogP contribution in [-0.2, 0) is 0 Å². The molecule has 0 bridgehead atoms. The SMILES string of the molecule is Cc1cc(C)c(-c2ccc3c(c2)c2cc(-c4c(C)cc(C)cc4C)ccc2n3-c2ccc(-c3cccc(-c4ccc(-n5c6ccc(-c7c(C)cc(C)cc7C)cc6c6cc(-c7c(C)cc(C)cc7C)ccc65)c(-c5nc(-c6ccccc6)nc(-c6ccccc6)n5)c4)c3)cc2-c2nc(-c3ccccc3)nc(-c3ccccc3)n2)c(C)c1. The predicted molar refractivity (Wildman–Crippen MR) is 484 cm³/mol. The molecule has 0 saturated carbocycles. The van der Waals surface area contributed by atoms with Crippen LogP contribution in [0.5, 0.6) is 0 Å². The van der Waals surface area contributed by atoms with Crippen molar-refractivity contribution in [3.8, 4) is 146 Å². The van der Waals surface area contributed by atoms with Crippen LogP contribution in [0.4, 0.5) is 0 Å². The van der Waals surface area contributed by atoms with Crippen LogP contribution in [-0.4, -0.2) is 39.0 Å². The second-order valence-electron chi connectivity index (χ2n) is 31.8. The molecule has 0 radical (unpaired) electrons. The van der Waals surface area contributed by atoms with Crippen LogP contribution in [0.3, 0.4) is 0 Å². The molecule has 19 rings (SSSR count). The summed E-state index contributed by atoms with van der Waals surface area (Å²) in [5.41, 5.74) is 40.1. The highest BCUT2D eigenvalue weighted by atomic mass is 15.1. The summed E-state index contributed by atoms with van der Waals surface area (Å²) >= 11 is 0. The molecule has 0 unspecified atom stereocenters. The molecule has 0 aliphatic heterocycles. The third-order valence-corrected chi connectivity index (χ3v) is 23.3. The molecule has 15 aromatic carbocycles. The lowest BCUT2D eigenvalue weighted by atomic mass is 9.91. The molecule has 0 aliphatic rings. The van der Waals surface area contributed by atoms with E-state index in [1.165, 1.54) is 111 Å². The van der Waals surface area contributed by atoms with Gasteiger partial charge in [0.2, 0.25) is 0 Å². The molecular weight excluding hydrogens is 1410 g/mol. The molecule has 116 heavy (non-hydrogen) atoms. The van der Waals surface area contributed by atoms with Crippen molar-refractivity contribution in [3.05, 3.63) is 370 Å². The van der Waals surface area contributed by atoms with E-state index in [1.807, 2.05) is 72.8 Å². The van der Waals surface area contributed by atoms with Crippen LogP contribution in [0.2, 0.25) is 0 Å². The smallest absolute Gasteiger partial charge is 0.166 e. The van der Waals surface area contributed by atoms with Crippen molar-refractivity contribution in [1.82, 2.24) is 39.0 Å². The first kappa shape index (κ1) is 72.2. The number of fused-ring (bicyclic) bond motifs is 6. The summed E-state index contributed by atoms with van der Waals surface area (Å²) in [6.45, 7) is 26.6. The lowest BCUT2D eigenvalue weighted by Crippen LogP contribution is -2.04. The Labute approximate surface area is 677 Å². The Bertz CT molecular complexity index is 6330. The number of aryl methyl sites for hydroxylation is 12. The van der Waals surface area contributed by atoms with Gasteiger partial charge in [0.15, 0.2) is 34.9 Å². The van der Waals surface area contributed by atoms with Crippen molar-refractivity contribution in [2.45, 2.75) is 83.1 Å². The second-order valence-corrected chi connectivity index (χ2v) is 31.8. The van der Waals surface area contributed by atoms with E-state index in [4.69, 9.17) is 29.9 Å². The molecule has 0 atom stereocenters. The summed E-state index contributed by atoms with van der Waals surface area (Å²) in [4.78, 5) is 32.7. The van der Waals surface area contributed by atoms with Crippen LogP contribution >= 0.6 is 0 Å². The molecular formula is C108H86N8. The van der Waals surface area contributed by atoms with Crippen molar-refractivity contribution in [3.63, 3.8) is 0 Å². The minimum atomic E-state index is 0.548. The summed E-state index contributed by atoms with van der Waals surface area (Å²) in [5.74, 6) is 3.42. The molecule has 0 N–H and O–H groups in total. The molecule has 558 valence electrons. The van der Waals surface area contributed by atoms with Gasteiger partial charge in [-0.1, -0.05) is 247 Å². The van der Waals surface area contributed by atoms with Crippen LogP contribution in [0.1, 0.15) is 66.8 Å². The van der Waals surface area contributed by atoms with Crippen LogP contribution in [0.15, 0.2) is 303 Å². The Hall–Kier alpha value is -14.1. The number of aromatic nitrogens is 8. The fourth-order valence-electron chi connectivity index (χ4n) is 18.6. The Morgan fingerprint density at radius 2 is 0.388 bits per heavy atom. The number of nitrogens with zero attached hydrogens (tertiary/aromatic N) is 8. The van der Waals surface area contributed by atoms with Gasteiger partial charge in [-0.25, -0.2) is 29.9 Å². The topological polar surface area (TPSA) is 87.2 Å². The van der Waals surface area contributed by atoms with Gasteiger partial charge in [0.05, 0.1) is 33.4 Å². The van der Waals surface area contributed by atoms with Crippen LogP contribution < -0.4 is 0 Å². The van der Waals surface area contributed by atoms with Gasteiger partial charge in [-0.2, -0.15) is 0 Å². The maximum atomic E-state index is 5.55. The molecule has 8 heteroatoms. The summed E-state index contributed by atoms with van der Waals surface area (Å²) in [7, 11) is 0. The molecule has 0 saturated heterocycles. The first-order valence-electron chi connectivity index (χ1n) is 40.0. The van der Waals surface area contributed by atoms with E-state index >= 15 is 0 Å². The molecule has 4 aromatic heterocycles. The summed E-state index contributed by atoms with van der Waals surface area (Å²) in [6, 6.07) is 110. The maximum Gasteiger partial charge on any atom is 0.166 e. The van der Waals surface area contributed by atoms with Gasteiger partial charge in [0.25, 0.3) is 0 Å². The van der Waals surface area contributed by atoms with Gasteiger partial charge < -0.3 is 9.13 Å². The third kappa shape index (κ3) is 13.0. The van der Waals surface area contributed by atoms with Gasteiger partial charge in [-0.05, 0) is 273 Å². The normalized spacial score (nSPS) is 11.6. The van der Waals surface area contributed by atoms with E-state index in [2.05, 4.69) is 323 Å². The second kappa shape index (κ2) is 29.1. The lowest BCUT2D eigenvalue weighted by molar-refractivity contribution is 1.06. The van der Waals surface area contributed by atoms with E-state index in [1.54, 1.807) is 0 Å². The summed E-state index contributed by atoms with van der Waals surface area (Å²) < 4.78 is 4.88. The van der Waals surface area contributed by atoms with Crippen molar-refractivity contribution in [2.75, 3.05) is 0 Å². The van der Waals surface area contributed by atoms with E-state index in [-0.39, 0.29) is 0 Å². The van der Waals surface area contributed by atoms with Crippen molar-refractivity contribution in [1.29, 1.82) is 0 Å². The fraction of sp³-hybridized carbons (Fsp3) is 0.111. The monoisotopic (exact) mass is 1490 g/mol. The molecule has 4 heterocycles. The summed E-state index contributed by atoms with van der Waals surface area (Å²) in [5, 5.41) is 4.60. The Morgan fingerprint density at radius 3 is 0.638 bits per heavy atom. The Morgan fingerprint density at radius 1 is 0.172 bits per heavy atom. The number of hydrogen-bond donors (Lipinski definition) is 0. The molecule has 19 aromatic rings. The molecule has 0 aliphatic carbocycles. The fourth-order valence-corrected chi connectivity index (χ4v) is 18.6. The standard InChI is InChI=1S/C108H86N8/c1-63-48-67(5)99(68(6)49-63)83-38-44-93-87(59-83)88-60-84(100-69(7)50-64(2)51-70(100)8)39-45-94(88)115(93)97-42-36-81(57-91(97)107-111-103(75-26-17-13-18-27-75)109-104(112-107)76-28-19-14-20-29-76)79-34-25-35-80(56-79)82-37-43-98(92(58-82)108-113-105(77-30-21-15-22-31-77)110-106(114-108)78-32-23-16-24-33-78)116-95-46-40-85(101-71(9)52-65(3)53-72(101)10)61-89(95)90-62-86(41-47-96(90)116)102-73(11)54-66(4)55-74(102)12/h13-62H,1-12H3. The minimum absolute atomic E-state index is 0.548. The van der Waals surface area contributed by atoms with E-state index in [0.29, 0.717) is 34.9 Å². The highest BCUT2D eigenvalue weighted by Crippen LogP contribution is 2.47. The minimum Gasteiger partial charge on any atom is -0.308 e. The number of rotatable bonds is 14. The number of hydrogen-bond acceptors (Lipinski definition) is 6. The lowest BCUT2D eigenvalue weighted by Gasteiger charge is -2.18. The van der Waals surface area contributed by atoms with Crippen molar-refractivity contribution < 1.29 is 0 Å². The zero-order chi connectivity index (χ0) is 79.3. The average molecular weight is 1500 g/mol. The third-order valence-electron chi connectivity index (χ3n) is 23.3. The van der Waals surface area contributed by atoms with E-state index < -0.39 is 0 Å². The van der Waals surface area contributed by atoms with Gasteiger partial charge in [0.1, 0.15) is 0 Å². The zero-order valence-corrected chi connectivity index (χ0v) is 67.4. The largest absolute Gasteiger partial charge is 0.308 e. The predicted octanol–water partition coefficient (Wildman–Crippen LogP) is 28.0. The molecule has 0 spiro atoms. The van der Waals surface area contributed by atoms with Crippen molar-refractivity contribution in [2.24, 2.45) is 0 Å². The Kier molecular flexibility index (Phi) is 18.1. The van der Waals surface area contributed by atoms with Crippen LogP contribution in [0.25, 0.3) is 190 Å². The molecule has 0 fully saturated rings. The average Bonchev–Trinajstić information content (AvgIpc) is 1.56. The first-order chi connectivity index (χ1) is 56.4. The number of benzene rings is 15. The maximum absolute atomic E-state index is 5.55. The van der Waals surface area contributed by atoms with E-state index in [0.717, 1.165) is 111 Å². The van der Waals surface area contributed by atoms with Gasteiger partial charge in [0, 0.05) is 54.9 Å². The quantitative estimate of drug-likeness (QED) is 0.108. The molecule has 8 nitrogen and oxygen atoms in total. The van der Waals surface area contributed by atoms with Gasteiger partial charge in [-0.15, -0.1) is 0 Å². The van der Waals surface area contributed by atoms with Gasteiger partial charge in [-0.3, -0.25) is 0 Å². The van der Waals surface area contributed by atoms with Crippen molar-refractivity contribution >= 4 is 43.6 Å². The van der Waals surface area contributed by atoms with Gasteiger partial charge >= 0.3 is 0 Å². The molecule has 0 amide bonds. The first-order valence-corrected chi connectivity index (χ1v) is 40.0. The highest BCUT2D eigenvalue weighted by molar-refractivity contribution is 6.14. The Balaban J connectivity index is 0.840. The van der Waals surface area contributed by atoms with E-state index in [9.17, 15) is 0 Å². The zero-order valence-electron chi connectivity index (χ0n) is 67.4. The van der Waals surface area contributed by atoms with Crippen LogP contribution in [0, 0.1) is 83.1 Å². The highest BCUT2D eigenvalue weighted by Gasteiger charge is 2.27.